The minimum Gasteiger partial charge on any atom is -0.444 e. The van der Waals surface area contributed by atoms with Gasteiger partial charge in [-0.2, -0.15) is 0 Å². The SMILES string of the molecule is CC(C)C[C@H](NC(=O)OC(C)(C)C)C(=O)CN(C[C@@H]1CCNC1=O)C(=O)CCl. The predicted molar refractivity (Wildman–Crippen MR) is 106 cm³/mol. The fourth-order valence-electron chi connectivity index (χ4n) is 2.91. The second-order valence-corrected chi connectivity index (χ2v) is 8.75. The zero-order chi connectivity index (χ0) is 21.5. The number of amides is 3. The van der Waals surface area contributed by atoms with Crippen LogP contribution in [-0.4, -0.2) is 65.7 Å². The van der Waals surface area contributed by atoms with Gasteiger partial charge < -0.3 is 20.3 Å². The highest BCUT2D eigenvalue weighted by molar-refractivity contribution is 6.27. The van der Waals surface area contributed by atoms with Gasteiger partial charge in [-0.15, -0.1) is 11.6 Å². The fourth-order valence-corrected chi connectivity index (χ4v) is 3.08. The van der Waals surface area contributed by atoms with Gasteiger partial charge in [0.2, 0.25) is 11.8 Å². The Morgan fingerprint density at radius 2 is 1.96 bits per heavy atom. The molecule has 0 aromatic carbocycles. The molecule has 28 heavy (non-hydrogen) atoms. The Labute approximate surface area is 171 Å². The Balaban J connectivity index is 2.83. The van der Waals surface area contributed by atoms with Gasteiger partial charge in [0.05, 0.1) is 18.5 Å². The molecular formula is C19H32ClN3O5. The molecule has 2 atom stereocenters. The standard InChI is InChI=1S/C19H32ClN3O5/c1-12(2)8-14(22-18(27)28-19(3,4)5)15(24)11-23(16(25)9-20)10-13-6-7-21-17(13)26/h12-14H,6-11H2,1-5H3,(H,21,26)(H,22,27)/t13-,14-/m0/s1. The summed E-state index contributed by atoms with van der Waals surface area (Å²) in [5.41, 5.74) is -0.689. The summed E-state index contributed by atoms with van der Waals surface area (Å²) in [4.78, 5) is 50.3. The van der Waals surface area contributed by atoms with Gasteiger partial charge in [0.25, 0.3) is 0 Å². The number of rotatable bonds is 9. The number of Topliss-reactive ketones (excluding diaryl/α,β-unsaturated/α-hetero) is 1. The number of carbonyl (C=O) groups excluding carboxylic acids is 4. The van der Waals surface area contributed by atoms with Crippen molar-refractivity contribution in [1.82, 2.24) is 15.5 Å². The molecule has 0 aromatic rings. The van der Waals surface area contributed by atoms with Gasteiger partial charge in [-0.05, 0) is 39.5 Å². The van der Waals surface area contributed by atoms with E-state index in [1.807, 2.05) is 13.8 Å². The average Bonchev–Trinajstić information content (AvgIpc) is 2.95. The van der Waals surface area contributed by atoms with Crippen LogP contribution >= 0.6 is 11.6 Å². The molecule has 0 unspecified atom stereocenters. The Kier molecular flexibility index (Phi) is 9.20. The minimum absolute atomic E-state index is 0.129. The second-order valence-electron chi connectivity index (χ2n) is 8.48. The van der Waals surface area contributed by atoms with Crippen molar-refractivity contribution in [3.8, 4) is 0 Å². The van der Waals surface area contributed by atoms with E-state index in [9.17, 15) is 19.2 Å². The first kappa shape index (κ1) is 24.2. The number of alkyl carbamates (subject to hydrolysis) is 1. The molecule has 2 N–H and O–H groups in total. The molecule has 3 amide bonds. The molecule has 1 heterocycles. The third-order valence-corrected chi connectivity index (χ3v) is 4.43. The zero-order valence-electron chi connectivity index (χ0n) is 17.3. The number of alkyl halides is 1. The van der Waals surface area contributed by atoms with Crippen molar-refractivity contribution in [1.29, 1.82) is 0 Å². The molecular weight excluding hydrogens is 386 g/mol. The molecule has 0 radical (unpaired) electrons. The van der Waals surface area contributed by atoms with Gasteiger partial charge in [-0.25, -0.2) is 4.79 Å². The van der Waals surface area contributed by atoms with Crippen LogP contribution in [0.3, 0.4) is 0 Å². The van der Waals surface area contributed by atoms with Crippen molar-refractivity contribution < 1.29 is 23.9 Å². The summed E-state index contributed by atoms with van der Waals surface area (Å²) in [6, 6.07) is -0.794. The molecule has 0 saturated carbocycles. The molecule has 0 spiro atoms. The van der Waals surface area contributed by atoms with E-state index < -0.39 is 23.6 Å². The van der Waals surface area contributed by atoms with Crippen molar-refractivity contribution >= 4 is 35.3 Å². The van der Waals surface area contributed by atoms with Crippen LogP contribution < -0.4 is 10.6 Å². The molecule has 1 fully saturated rings. The normalized spacial score (nSPS) is 17.8. The lowest BCUT2D eigenvalue weighted by Crippen LogP contribution is -2.49. The quantitative estimate of drug-likeness (QED) is 0.555. The maximum absolute atomic E-state index is 12.9. The van der Waals surface area contributed by atoms with Crippen LogP contribution in [0.15, 0.2) is 0 Å². The largest absolute Gasteiger partial charge is 0.444 e. The molecule has 160 valence electrons. The van der Waals surface area contributed by atoms with Crippen LogP contribution in [-0.2, 0) is 19.1 Å². The molecule has 0 aromatic heterocycles. The minimum atomic E-state index is -0.794. The van der Waals surface area contributed by atoms with Crippen LogP contribution in [0.25, 0.3) is 0 Å². The molecule has 1 aliphatic rings. The molecule has 8 nitrogen and oxygen atoms in total. The number of nitrogens with one attached hydrogen (secondary N) is 2. The van der Waals surface area contributed by atoms with Crippen LogP contribution in [0.2, 0.25) is 0 Å². The van der Waals surface area contributed by atoms with Crippen LogP contribution in [0, 0.1) is 11.8 Å². The van der Waals surface area contributed by atoms with E-state index in [1.54, 1.807) is 20.8 Å². The molecule has 1 aliphatic heterocycles. The van der Waals surface area contributed by atoms with E-state index in [4.69, 9.17) is 16.3 Å². The summed E-state index contributed by atoms with van der Waals surface area (Å²) >= 11 is 5.68. The average molecular weight is 418 g/mol. The number of hydrogen-bond acceptors (Lipinski definition) is 5. The van der Waals surface area contributed by atoms with Gasteiger partial charge in [0.1, 0.15) is 11.5 Å². The van der Waals surface area contributed by atoms with Crippen molar-refractivity contribution in [3.63, 3.8) is 0 Å². The van der Waals surface area contributed by atoms with E-state index in [2.05, 4.69) is 10.6 Å². The van der Waals surface area contributed by atoms with Gasteiger partial charge in [0.15, 0.2) is 5.78 Å². The third-order valence-electron chi connectivity index (χ3n) is 4.20. The Hall–Kier alpha value is -1.83. The summed E-state index contributed by atoms with van der Waals surface area (Å²) in [6.45, 7) is 9.53. The lowest BCUT2D eigenvalue weighted by atomic mass is 9.99. The van der Waals surface area contributed by atoms with E-state index in [1.165, 1.54) is 4.90 Å². The molecule has 1 rings (SSSR count). The van der Waals surface area contributed by atoms with E-state index in [0.717, 1.165) is 0 Å². The monoisotopic (exact) mass is 417 g/mol. The molecule has 0 bridgehead atoms. The Bertz CT molecular complexity index is 589. The topological polar surface area (TPSA) is 105 Å². The number of ketones is 1. The first-order valence-electron chi connectivity index (χ1n) is 9.56. The van der Waals surface area contributed by atoms with Crippen LogP contribution in [0.5, 0.6) is 0 Å². The Morgan fingerprint density at radius 1 is 1.32 bits per heavy atom. The maximum Gasteiger partial charge on any atom is 0.408 e. The highest BCUT2D eigenvalue weighted by Gasteiger charge is 2.31. The summed E-state index contributed by atoms with van der Waals surface area (Å²) in [5, 5.41) is 5.32. The zero-order valence-corrected chi connectivity index (χ0v) is 18.1. The van der Waals surface area contributed by atoms with Crippen molar-refractivity contribution in [3.05, 3.63) is 0 Å². The van der Waals surface area contributed by atoms with Crippen molar-refractivity contribution in [2.75, 3.05) is 25.5 Å². The van der Waals surface area contributed by atoms with E-state index in [-0.39, 0.29) is 42.5 Å². The lowest BCUT2D eigenvalue weighted by molar-refractivity contribution is -0.135. The van der Waals surface area contributed by atoms with Crippen molar-refractivity contribution in [2.45, 2.75) is 59.1 Å². The summed E-state index contributed by atoms with van der Waals surface area (Å²) < 4.78 is 5.24. The second kappa shape index (κ2) is 10.6. The van der Waals surface area contributed by atoms with Gasteiger partial charge in [0, 0.05) is 13.1 Å². The summed E-state index contributed by atoms with van der Waals surface area (Å²) in [6.07, 6.45) is 0.326. The molecule has 9 heteroatoms. The smallest absolute Gasteiger partial charge is 0.408 e. The summed E-state index contributed by atoms with van der Waals surface area (Å²) in [5.74, 6) is -1.38. The third kappa shape index (κ3) is 8.46. The maximum atomic E-state index is 12.9. The predicted octanol–water partition coefficient (Wildman–Crippen LogP) is 1.70. The highest BCUT2D eigenvalue weighted by atomic mass is 35.5. The first-order valence-corrected chi connectivity index (χ1v) is 10.1. The Morgan fingerprint density at radius 3 is 2.43 bits per heavy atom. The number of carbonyl (C=O) groups is 4. The van der Waals surface area contributed by atoms with Crippen LogP contribution in [0.1, 0.15) is 47.5 Å². The van der Waals surface area contributed by atoms with Gasteiger partial charge in [-0.1, -0.05) is 13.8 Å². The number of halogens is 1. The first-order chi connectivity index (χ1) is 12.9. The van der Waals surface area contributed by atoms with Gasteiger partial charge >= 0.3 is 6.09 Å². The molecule has 0 aliphatic carbocycles. The number of ether oxygens (including phenoxy) is 1. The van der Waals surface area contributed by atoms with Crippen molar-refractivity contribution in [2.24, 2.45) is 11.8 Å². The van der Waals surface area contributed by atoms with E-state index in [0.29, 0.717) is 19.4 Å². The highest BCUT2D eigenvalue weighted by Crippen LogP contribution is 2.14. The van der Waals surface area contributed by atoms with E-state index >= 15 is 0 Å². The number of nitrogens with zero attached hydrogens (tertiary/aromatic N) is 1. The number of hydrogen-bond donors (Lipinski definition) is 2. The van der Waals surface area contributed by atoms with Gasteiger partial charge in [-0.3, -0.25) is 14.4 Å². The fraction of sp³-hybridized carbons (Fsp3) is 0.789. The van der Waals surface area contributed by atoms with Crippen LogP contribution in [0.4, 0.5) is 4.79 Å². The summed E-state index contributed by atoms with van der Waals surface area (Å²) in [7, 11) is 0. The lowest BCUT2D eigenvalue weighted by Gasteiger charge is -2.27. The molecule has 1 saturated heterocycles.